The summed E-state index contributed by atoms with van der Waals surface area (Å²) in [7, 11) is 0. The van der Waals surface area contributed by atoms with Gasteiger partial charge in [0.2, 0.25) is 0 Å². The monoisotopic (exact) mass is 522 g/mol. The molecule has 0 bridgehead atoms. The van der Waals surface area contributed by atoms with Crippen molar-refractivity contribution >= 4 is 0 Å². The molecule has 0 aromatic rings. The van der Waals surface area contributed by atoms with Crippen LogP contribution in [0.4, 0.5) is 0 Å². The lowest BCUT2D eigenvalue weighted by Crippen LogP contribution is -2.51. The van der Waals surface area contributed by atoms with Crippen LogP contribution in [0.1, 0.15) is 25.7 Å². The van der Waals surface area contributed by atoms with Crippen molar-refractivity contribution in [3.05, 3.63) is 97.2 Å². The minimum Gasteiger partial charge on any atom is -0.392 e. The molecule has 3 saturated carbocycles. The third kappa shape index (κ3) is 5.96. The van der Waals surface area contributed by atoms with E-state index >= 15 is 0 Å². The van der Waals surface area contributed by atoms with Gasteiger partial charge in [0.25, 0.3) is 0 Å². The molecule has 0 amide bonds. The van der Waals surface area contributed by atoms with E-state index in [9.17, 15) is 15.3 Å². The van der Waals surface area contributed by atoms with Crippen LogP contribution in [0.3, 0.4) is 0 Å². The van der Waals surface area contributed by atoms with E-state index in [0.29, 0.717) is 25.6 Å². The van der Waals surface area contributed by atoms with Gasteiger partial charge in [0.15, 0.2) is 0 Å². The number of aliphatic hydroxyl groups excluding tert-OH is 3. The summed E-state index contributed by atoms with van der Waals surface area (Å²) in [4.78, 5) is 0. The second-order valence-electron chi connectivity index (χ2n) is 10.9. The summed E-state index contributed by atoms with van der Waals surface area (Å²) in [5.74, 6) is 0.941. The SMILES string of the molecule is C=C/C=C1/C[C@H]2OC[C@@H]2[C@H](O)C1=C.C=C/C=C1\C[C@@H](O)[C@H]2CO[C@@H]2C1.C=C/C=C1\C[C@@H](O)[C@H]2CO[C@@H]2C1=C. The molecule has 6 rings (SSSR count). The maximum atomic E-state index is 9.81. The summed E-state index contributed by atoms with van der Waals surface area (Å²) in [6.45, 7) is 20.9. The summed E-state index contributed by atoms with van der Waals surface area (Å²) in [5.41, 5.74) is 5.26. The van der Waals surface area contributed by atoms with Crippen LogP contribution in [-0.2, 0) is 14.2 Å². The zero-order valence-electron chi connectivity index (χ0n) is 22.2. The number of fused-ring (bicyclic) bond motifs is 3. The highest BCUT2D eigenvalue weighted by Crippen LogP contribution is 2.41. The van der Waals surface area contributed by atoms with Crippen LogP contribution in [0, 0.1) is 17.8 Å². The zero-order valence-corrected chi connectivity index (χ0v) is 22.2. The lowest BCUT2D eigenvalue weighted by Gasteiger charge is -2.45. The highest BCUT2D eigenvalue weighted by atomic mass is 16.5. The van der Waals surface area contributed by atoms with Gasteiger partial charge in [0, 0.05) is 17.8 Å². The zero-order chi connectivity index (χ0) is 27.4. The number of ether oxygens (including phenoxy) is 3. The molecule has 0 radical (unpaired) electrons. The molecule has 0 aromatic heterocycles. The Labute approximate surface area is 226 Å². The predicted molar refractivity (Wildman–Crippen MR) is 149 cm³/mol. The van der Waals surface area contributed by atoms with E-state index in [1.807, 2.05) is 18.2 Å². The smallest absolute Gasteiger partial charge is 0.0897 e. The molecular formula is C32H42O6. The standard InChI is InChI=1S/2C11H14O2.C10H14O2/c1-3-4-8-5-10-9(6-13-10)11(12)7(8)2;1-3-4-8-5-10(12)9-6-13-11(9)7(8)2;1-2-3-7-4-9(11)8-6-12-10(8)5-7/h2*3-4,9-12H,1-2,5-6H2;2-3,8-11H,1,4-6H2/b8-4-;8-4+;7-3+/t9-,10+,11+;9-,10-,11-;8-,9-,10-/m011/s1. The molecule has 3 heterocycles. The average molecular weight is 523 g/mol. The maximum absolute atomic E-state index is 9.81. The Morgan fingerprint density at radius 3 is 1.66 bits per heavy atom. The fourth-order valence-electron chi connectivity index (χ4n) is 5.92. The van der Waals surface area contributed by atoms with E-state index in [1.54, 1.807) is 18.2 Å². The molecule has 3 aliphatic carbocycles. The Morgan fingerprint density at radius 1 is 0.605 bits per heavy atom. The molecule has 6 nitrogen and oxygen atoms in total. The molecule has 6 aliphatic rings. The van der Waals surface area contributed by atoms with Gasteiger partial charge in [-0.3, -0.25) is 0 Å². The summed E-state index contributed by atoms with van der Waals surface area (Å²) in [6, 6.07) is 0. The lowest BCUT2D eigenvalue weighted by atomic mass is 9.75. The Morgan fingerprint density at radius 2 is 1.16 bits per heavy atom. The minimum atomic E-state index is -0.418. The second-order valence-corrected chi connectivity index (χ2v) is 10.9. The highest BCUT2D eigenvalue weighted by molar-refractivity contribution is 5.40. The van der Waals surface area contributed by atoms with Crippen molar-refractivity contribution in [3.63, 3.8) is 0 Å². The van der Waals surface area contributed by atoms with Crippen LogP contribution in [-0.4, -0.2) is 71.8 Å². The molecule has 6 fully saturated rings. The topological polar surface area (TPSA) is 88.4 Å². The first-order chi connectivity index (χ1) is 18.3. The van der Waals surface area contributed by atoms with Gasteiger partial charge in [-0.05, 0) is 48.0 Å². The molecule has 3 aliphatic heterocycles. The quantitative estimate of drug-likeness (QED) is 0.517. The molecule has 0 aromatic carbocycles. The first-order valence-electron chi connectivity index (χ1n) is 13.5. The predicted octanol–water partition coefficient (Wildman–Crippen LogP) is 4.14. The number of hydrogen-bond donors (Lipinski definition) is 3. The van der Waals surface area contributed by atoms with Gasteiger partial charge in [-0.15, -0.1) is 0 Å². The van der Waals surface area contributed by atoms with E-state index in [-0.39, 0.29) is 42.4 Å². The molecule has 0 unspecified atom stereocenters. The van der Waals surface area contributed by atoms with Crippen LogP contribution in [0.25, 0.3) is 0 Å². The summed E-state index contributed by atoms with van der Waals surface area (Å²) >= 11 is 0. The first kappa shape index (κ1) is 28.7. The van der Waals surface area contributed by atoms with Crippen molar-refractivity contribution < 1.29 is 29.5 Å². The van der Waals surface area contributed by atoms with Crippen LogP contribution >= 0.6 is 0 Å². The van der Waals surface area contributed by atoms with Gasteiger partial charge in [-0.1, -0.05) is 74.9 Å². The van der Waals surface area contributed by atoms with Crippen LogP contribution in [0.15, 0.2) is 97.2 Å². The van der Waals surface area contributed by atoms with Gasteiger partial charge in [0.1, 0.15) is 0 Å². The van der Waals surface area contributed by atoms with Gasteiger partial charge in [-0.2, -0.15) is 0 Å². The average Bonchev–Trinajstić information content (AvgIpc) is 2.80. The number of aliphatic hydroxyl groups is 3. The molecule has 38 heavy (non-hydrogen) atoms. The highest BCUT2D eigenvalue weighted by Gasteiger charge is 2.45. The molecule has 206 valence electrons. The fourth-order valence-corrected chi connectivity index (χ4v) is 5.92. The third-order valence-corrected chi connectivity index (χ3v) is 8.51. The van der Waals surface area contributed by atoms with Crippen LogP contribution in [0.5, 0.6) is 0 Å². The summed E-state index contributed by atoms with van der Waals surface area (Å²) in [6.07, 6.45) is 14.0. The first-order valence-corrected chi connectivity index (χ1v) is 13.5. The van der Waals surface area contributed by atoms with E-state index in [4.69, 9.17) is 14.2 Å². The Balaban J connectivity index is 0.000000133. The van der Waals surface area contributed by atoms with Gasteiger partial charge in [-0.25, -0.2) is 0 Å². The number of allylic oxidation sites excluding steroid dienone is 6. The summed E-state index contributed by atoms with van der Waals surface area (Å²) in [5, 5.41) is 29.2. The van der Waals surface area contributed by atoms with E-state index in [0.717, 1.165) is 48.2 Å². The van der Waals surface area contributed by atoms with Crippen molar-refractivity contribution in [1.29, 1.82) is 0 Å². The Bertz CT molecular complexity index is 979. The maximum Gasteiger partial charge on any atom is 0.0897 e. The second kappa shape index (κ2) is 12.7. The van der Waals surface area contributed by atoms with Gasteiger partial charge < -0.3 is 29.5 Å². The Kier molecular flexibility index (Phi) is 9.58. The third-order valence-electron chi connectivity index (χ3n) is 8.51. The van der Waals surface area contributed by atoms with Crippen molar-refractivity contribution in [2.24, 2.45) is 17.8 Å². The van der Waals surface area contributed by atoms with E-state index in [2.05, 4.69) is 32.9 Å². The number of rotatable bonds is 3. The van der Waals surface area contributed by atoms with E-state index < -0.39 is 6.10 Å². The largest absolute Gasteiger partial charge is 0.392 e. The fraction of sp³-hybridized carbons (Fsp3) is 0.500. The van der Waals surface area contributed by atoms with Crippen molar-refractivity contribution in [1.82, 2.24) is 0 Å². The van der Waals surface area contributed by atoms with Crippen molar-refractivity contribution in [3.8, 4) is 0 Å². The summed E-state index contributed by atoms with van der Waals surface area (Å²) < 4.78 is 16.1. The molecule has 3 saturated heterocycles. The van der Waals surface area contributed by atoms with Gasteiger partial charge in [0.05, 0.1) is 56.4 Å². The van der Waals surface area contributed by atoms with Gasteiger partial charge >= 0.3 is 0 Å². The lowest BCUT2D eigenvalue weighted by molar-refractivity contribution is -0.167. The molecule has 6 heteroatoms. The minimum absolute atomic E-state index is 0.0509. The molecule has 3 N–H and O–H groups in total. The van der Waals surface area contributed by atoms with Crippen LogP contribution in [0.2, 0.25) is 0 Å². The molecule has 0 spiro atoms. The Hall–Kier alpha value is -2.32. The van der Waals surface area contributed by atoms with Crippen molar-refractivity contribution in [2.75, 3.05) is 19.8 Å². The molecular weight excluding hydrogens is 480 g/mol. The normalized spacial score (nSPS) is 41.9. The van der Waals surface area contributed by atoms with Crippen molar-refractivity contribution in [2.45, 2.75) is 62.3 Å². The number of hydrogen-bond acceptors (Lipinski definition) is 6. The van der Waals surface area contributed by atoms with Crippen LogP contribution < -0.4 is 0 Å². The molecule has 9 atom stereocenters. The van der Waals surface area contributed by atoms with E-state index in [1.165, 1.54) is 5.57 Å².